The zero-order valence-corrected chi connectivity index (χ0v) is 17.6. The van der Waals surface area contributed by atoms with E-state index in [0.29, 0.717) is 34.1 Å². The fourth-order valence-corrected chi connectivity index (χ4v) is 3.26. The van der Waals surface area contributed by atoms with E-state index in [0.717, 1.165) is 0 Å². The van der Waals surface area contributed by atoms with Crippen LogP contribution < -0.4 is 10.1 Å². The van der Waals surface area contributed by atoms with Crippen molar-refractivity contribution in [2.45, 2.75) is 27.0 Å². The second kappa shape index (κ2) is 9.05. The molecule has 164 valence electrons. The van der Waals surface area contributed by atoms with Gasteiger partial charge < -0.3 is 14.5 Å². The van der Waals surface area contributed by atoms with Crippen LogP contribution in [-0.2, 0) is 13.2 Å². The molecule has 0 fully saturated rings. The fourth-order valence-electron chi connectivity index (χ4n) is 3.26. The van der Waals surface area contributed by atoms with E-state index in [1.165, 1.54) is 30.3 Å². The average molecular weight is 437 g/mol. The van der Waals surface area contributed by atoms with Gasteiger partial charge in [-0.25, -0.2) is 8.78 Å². The molecule has 0 radical (unpaired) electrons. The lowest BCUT2D eigenvalue weighted by Crippen LogP contribution is -2.12. The number of hydrogen-bond acceptors (Lipinski definition) is 4. The van der Waals surface area contributed by atoms with Gasteiger partial charge >= 0.3 is 0 Å². The summed E-state index contributed by atoms with van der Waals surface area (Å²) in [6.45, 7) is 3.92. The van der Waals surface area contributed by atoms with E-state index >= 15 is 0 Å². The van der Waals surface area contributed by atoms with Crippen LogP contribution in [0.2, 0.25) is 0 Å². The van der Waals surface area contributed by atoms with Crippen LogP contribution in [0.4, 0.5) is 14.5 Å². The van der Waals surface area contributed by atoms with E-state index in [4.69, 9.17) is 9.15 Å². The topological polar surface area (TPSA) is 69.3 Å². The monoisotopic (exact) mass is 437 g/mol. The normalized spacial score (nSPS) is 10.9. The minimum atomic E-state index is -0.435. The van der Waals surface area contributed by atoms with Gasteiger partial charge in [0.05, 0.1) is 23.6 Å². The van der Waals surface area contributed by atoms with Crippen molar-refractivity contribution in [3.05, 3.63) is 101 Å². The summed E-state index contributed by atoms with van der Waals surface area (Å²) in [5.41, 5.74) is 2.36. The van der Waals surface area contributed by atoms with Gasteiger partial charge in [0.25, 0.3) is 5.91 Å². The number of anilines is 1. The number of ether oxygens (including phenoxy) is 1. The molecule has 0 atom stereocenters. The van der Waals surface area contributed by atoms with Gasteiger partial charge in [0, 0.05) is 5.56 Å². The Bertz CT molecular complexity index is 1250. The molecule has 0 saturated carbocycles. The Hall–Kier alpha value is -3.94. The number of aromatic nitrogens is 2. The van der Waals surface area contributed by atoms with Crippen molar-refractivity contribution in [2.75, 3.05) is 5.32 Å². The summed E-state index contributed by atoms with van der Waals surface area (Å²) in [5.74, 6) is -0.0442. The molecule has 0 aliphatic heterocycles. The van der Waals surface area contributed by atoms with E-state index < -0.39 is 5.91 Å². The first-order chi connectivity index (χ1) is 15.4. The molecule has 4 rings (SSSR count). The van der Waals surface area contributed by atoms with Crippen LogP contribution in [0.25, 0.3) is 0 Å². The molecule has 0 spiro atoms. The molecule has 4 aromatic rings. The highest BCUT2D eigenvalue weighted by molar-refractivity contribution is 6.02. The number of carbonyl (C=O) groups is 1. The molecule has 0 saturated heterocycles. The summed E-state index contributed by atoms with van der Waals surface area (Å²) in [5, 5.41) is 7.24. The second-order valence-electron chi connectivity index (χ2n) is 7.26. The second-order valence-corrected chi connectivity index (χ2v) is 7.26. The largest absolute Gasteiger partial charge is 0.486 e. The van der Waals surface area contributed by atoms with Crippen molar-refractivity contribution in [1.82, 2.24) is 9.78 Å². The van der Waals surface area contributed by atoms with Crippen molar-refractivity contribution in [3.63, 3.8) is 0 Å². The molecule has 1 N–H and O–H groups in total. The molecular formula is C24H21F2N3O3. The Morgan fingerprint density at radius 3 is 2.56 bits per heavy atom. The van der Waals surface area contributed by atoms with Crippen molar-refractivity contribution in [3.8, 4) is 5.75 Å². The molecule has 32 heavy (non-hydrogen) atoms. The van der Waals surface area contributed by atoms with Gasteiger partial charge in [-0.1, -0.05) is 18.2 Å². The van der Waals surface area contributed by atoms with Crippen molar-refractivity contribution in [1.29, 1.82) is 0 Å². The quantitative estimate of drug-likeness (QED) is 0.429. The van der Waals surface area contributed by atoms with Crippen LogP contribution in [0.15, 0.2) is 65.1 Å². The third-order valence-electron chi connectivity index (χ3n) is 4.98. The summed E-state index contributed by atoms with van der Waals surface area (Å²) in [7, 11) is 0. The molecular weight excluding hydrogens is 416 g/mol. The Balaban J connectivity index is 1.42. The number of aryl methyl sites for hydroxylation is 1. The Kier molecular flexibility index (Phi) is 6.02. The SMILES string of the molecule is Cc1nn(Cc2ccccc2F)c(C)c1NC(=O)c1ccc(COc2ccc(F)cc2)o1. The third kappa shape index (κ3) is 4.69. The van der Waals surface area contributed by atoms with Gasteiger partial charge in [-0.05, 0) is 56.3 Å². The van der Waals surface area contributed by atoms with E-state index in [1.54, 1.807) is 48.9 Å². The lowest BCUT2D eigenvalue weighted by atomic mass is 10.2. The zero-order chi connectivity index (χ0) is 22.7. The zero-order valence-electron chi connectivity index (χ0n) is 17.6. The molecule has 1 amide bonds. The summed E-state index contributed by atoms with van der Waals surface area (Å²) in [6, 6.07) is 15.3. The number of nitrogens with zero attached hydrogens (tertiary/aromatic N) is 2. The van der Waals surface area contributed by atoms with E-state index in [2.05, 4.69) is 10.4 Å². The molecule has 0 aliphatic rings. The van der Waals surface area contributed by atoms with Gasteiger partial charge in [0.2, 0.25) is 0 Å². The number of nitrogens with one attached hydrogen (secondary N) is 1. The molecule has 0 bridgehead atoms. The Labute approximate surface area is 183 Å². The molecule has 8 heteroatoms. The van der Waals surface area contributed by atoms with Gasteiger partial charge in [-0.15, -0.1) is 0 Å². The maximum atomic E-state index is 14.0. The third-order valence-corrected chi connectivity index (χ3v) is 4.98. The van der Waals surface area contributed by atoms with Gasteiger partial charge in [-0.3, -0.25) is 9.48 Å². The fraction of sp³-hybridized carbons (Fsp3) is 0.167. The predicted octanol–water partition coefficient (Wildman–Crippen LogP) is 5.25. The molecule has 0 aliphatic carbocycles. The number of hydrogen-bond donors (Lipinski definition) is 1. The van der Waals surface area contributed by atoms with Crippen LogP contribution in [0, 0.1) is 25.5 Å². The first-order valence-corrected chi connectivity index (χ1v) is 9.96. The standard InChI is InChI=1S/C24H21F2N3O3/c1-15-23(16(2)29(28-15)13-17-5-3-4-6-21(17)26)27-24(30)22-12-11-20(32-22)14-31-19-9-7-18(25)8-10-19/h3-12H,13-14H2,1-2H3,(H,27,30). The molecule has 6 nitrogen and oxygen atoms in total. The molecule has 2 aromatic heterocycles. The van der Waals surface area contributed by atoms with E-state index in [-0.39, 0.29) is 30.5 Å². The number of carbonyl (C=O) groups excluding carboxylic acids is 1. The van der Waals surface area contributed by atoms with Crippen molar-refractivity contribution >= 4 is 11.6 Å². The Morgan fingerprint density at radius 1 is 1.06 bits per heavy atom. The Morgan fingerprint density at radius 2 is 1.81 bits per heavy atom. The number of halogens is 2. The first kappa shape index (κ1) is 21.3. The number of amides is 1. The van der Waals surface area contributed by atoms with Crippen LogP contribution in [0.3, 0.4) is 0 Å². The first-order valence-electron chi connectivity index (χ1n) is 9.96. The van der Waals surface area contributed by atoms with Crippen LogP contribution in [0.5, 0.6) is 5.75 Å². The summed E-state index contributed by atoms with van der Waals surface area (Å²) >= 11 is 0. The highest BCUT2D eigenvalue weighted by Gasteiger charge is 2.18. The van der Waals surface area contributed by atoms with Gasteiger partial charge in [-0.2, -0.15) is 5.10 Å². The van der Waals surface area contributed by atoms with Crippen LogP contribution in [0.1, 0.15) is 33.3 Å². The average Bonchev–Trinajstić information content (AvgIpc) is 3.35. The minimum absolute atomic E-state index is 0.0948. The molecule has 2 aromatic carbocycles. The van der Waals surface area contributed by atoms with Gasteiger partial charge in [0.1, 0.15) is 29.8 Å². The van der Waals surface area contributed by atoms with Crippen LogP contribution in [-0.4, -0.2) is 15.7 Å². The van der Waals surface area contributed by atoms with Crippen molar-refractivity contribution < 1.29 is 22.7 Å². The van der Waals surface area contributed by atoms with E-state index in [1.807, 2.05) is 0 Å². The molecule has 0 unspecified atom stereocenters. The lowest BCUT2D eigenvalue weighted by Gasteiger charge is -2.07. The summed E-state index contributed by atoms with van der Waals surface area (Å²) in [6.07, 6.45) is 0. The molecule has 2 heterocycles. The highest BCUT2D eigenvalue weighted by atomic mass is 19.1. The highest BCUT2D eigenvalue weighted by Crippen LogP contribution is 2.23. The maximum absolute atomic E-state index is 14.0. The van der Waals surface area contributed by atoms with Gasteiger partial charge in [0.15, 0.2) is 5.76 Å². The van der Waals surface area contributed by atoms with Crippen LogP contribution >= 0.6 is 0 Å². The summed E-state index contributed by atoms with van der Waals surface area (Å²) < 4.78 is 39.7. The smallest absolute Gasteiger partial charge is 0.291 e. The maximum Gasteiger partial charge on any atom is 0.291 e. The van der Waals surface area contributed by atoms with E-state index in [9.17, 15) is 13.6 Å². The lowest BCUT2D eigenvalue weighted by molar-refractivity contribution is 0.0992. The number of rotatable bonds is 7. The predicted molar refractivity (Wildman–Crippen MR) is 115 cm³/mol. The number of benzene rings is 2. The minimum Gasteiger partial charge on any atom is -0.486 e. The number of furan rings is 1. The summed E-state index contributed by atoms with van der Waals surface area (Å²) in [4.78, 5) is 12.7. The van der Waals surface area contributed by atoms with Crippen molar-refractivity contribution in [2.24, 2.45) is 0 Å².